The summed E-state index contributed by atoms with van der Waals surface area (Å²) in [5.74, 6) is 0.665. The van der Waals surface area contributed by atoms with E-state index >= 15 is 0 Å². The number of halogens is 1. The number of rotatable bonds is 6. The molecular formula is C20H14ClN3OS3. The van der Waals surface area contributed by atoms with Crippen LogP contribution < -0.4 is 5.32 Å². The highest BCUT2D eigenvalue weighted by Crippen LogP contribution is 2.36. The van der Waals surface area contributed by atoms with Crippen LogP contribution in [0.3, 0.4) is 0 Å². The van der Waals surface area contributed by atoms with Gasteiger partial charge >= 0.3 is 0 Å². The Kier molecular flexibility index (Phi) is 6.07. The molecule has 1 N–H and O–H groups in total. The molecule has 1 amide bonds. The Morgan fingerprint density at radius 3 is 2.64 bits per heavy atom. The standard InChI is InChI=1S/C20H14ClN3OS3/c21-14-9-7-13(8-10-14)12-27-16-5-2-1-4-15(16)19-23-24-20(28-19)22-18(25)17-6-3-11-26-17/h1-11H,12H2,(H,22,24,25). The Morgan fingerprint density at radius 1 is 1.04 bits per heavy atom. The van der Waals surface area contributed by atoms with Crippen molar-refractivity contribution < 1.29 is 4.79 Å². The quantitative estimate of drug-likeness (QED) is 0.347. The first-order chi connectivity index (χ1) is 13.7. The molecule has 4 aromatic rings. The van der Waals surface area contributed by atoms with E-state index in [-0.39, 0.29) is 5.91 Å². The van der Waals surface area contributed by atoms with E-state index in [2.05, 4.69) is 21.6 Å². The average molecular weight is 444 g/mol. The van der Waals surface area contributed by atoms with E-state index < -0.39 is 0 Å². The summed E-state index contributed by atoms with van der Waals surface area (Å²) in [5, 5.41) is 15.1. The molecule has 0 fully saturated rings. The largest absolute Gasteiger partial charge is 0.296 e. The second kappa shape index (κ2) is 8.87. The van der Waals surface area contributed by atoms with Crippen LogP contribution in [0.1, 0.15) is 15.2 Å². The van der Waals surface area contributed by atoms with Crippen molar-refractivity contribution in [2.45, 2.75) is 10.6 Å². The van der Waals surface area contributed by atoms with E-state index in [0.717, 1.165) is 26.2 Å². The molecule has 140 valence electrons. The summed E-state index contributed by atoms with van der Waals surface area (Å²) in [6, 6.07) is 19.6. The van der Waals surface area contributed by atoms with Crippen molar-refractivity contribution in [1.82, 2.24) is 10.2 Å². The van der Waals surface area contributed by atoms with Gasteiger partial charge in [-0.3, -0.25) is 10.1 Å². The molecule has 8 heteroatoms. The Bertz CT molecular complexity index is 1080. The van der Waals surface area contributed by atoms with Crippen LogP contribution in [0.4, 0.5) is 5.13 Å². The van der Waals surface area contributed by atoms with E-state index in [9.17, 15) is 4.79 Å². The normalized spacial score (nSPS) is 10.8. The Labute approximate surface area is 179 Å². The summed E-state index contributed by atoms with van der Waals surface area (Å²) in [6.07, 6.45) is 0. The van der Waals surface area contributed by atoms with E-state index in [1.807, 2.05) is 53.9 Å². The first kappa shape index (κ1) is 19.1. The average Bonchev–Trinajstić information content (AvgIpc) is 3.40. The molecule has 2 heterocycles. The maximum Gasteiger partial charge on any atom is 0.267 e. The number of hydrogen-bond donors (Lipinski definition) is 1. The van der Waals surface area contributed by atoms with E-state index in [1.54, 1.807) is 17.8 Å². The molecule has 4 rings (SSSR count). The zero-order valence-electron chi connectivity index (χ0n) is 14.5. The number of aromatic nitrogens is 2. The summed E-state index contributed by atoms with van der Waals surface area (Å²) < 4.78 is 0. The second-order valence-electron chi connectivity index (χ2n) is 5.76. The van der Waals surface area contributed by atoms with Crippen LogP contribution in [0.25, 0.3) is 10.6 Å². The number of thiophene rings is 1. The fraction of sp³-hybridized carbons (Fsp3) is 0.0500. The summed E-state index contributed by atoms with van der Waals surface area (Å²) in [5.41, 5.74) is 2.21. The van der Waals surface area contributed by atoms with Gasteiger partial charge in [-0.05, 0) is 35.2 Å². The number of thioether (sulfide) groups is 1. The smallest absolute Gasteiger partial charge is 0.267 e. The number of carbonyl (C=O) groups excluding carboxylic acids is 1. The van der Waals surface area contributed by atoms with Crippen LogP contribution in [-0.4, -0.2) is 16.1 Å². The number of nitrogens with zero attached hydrogens (tertiary/aromatic N) is 2. The fourth-order valence-electron chi connectivity index (χ4n) is 2.46. The molecule has 0 atom stereocenters. The molecule has 2 aromatic carbocycles. The number of amides is 1. The van der Waals surface area contributed by atoms with Gasteiger partial charge in [-0.1, -0.05) is 59.3 Å². The van der Waals surface area contributed by atoms with Gasteiger partial charge in [0.2, 0.25) is 5.13 Å². The summed E-state index contributed by atoms with van der Waals surface area (Å²) in [7, 11) is 0. The SMILES string of the molecule is O=C(Nc1nnc(-c2ccccc2SCc2ccc(Cl)cc2)s1)c1cccs1. The van der Waals surface area contributed by atoms with E-state index in [0.29, 0.717) is 10.0 Å². The molecule has 0 bridgehead atoms. The first-order valence-corrected chi connectivity index (χ1v) is 11.4. The van der Waals surface area contributed by atoms with Crippen molar-refractivity contribution in [1.29, 1.82) is 0 Å². The highest BCUT2D eigenvalue weighted by Gasteiger charge is 2.14. The minimum absolute atomic E-state index is 0.164. The molecule has 0 aliphatic carbocycles. The summed E-state index contributed by atoms with van der Waals surface area (Å²) in [4.78, 5) is 14.0. The van der Waals surface area contributed by atoms with Gasteiger partial charge in [0.05, 0.1) is 4.88 Å². The lowest BCUT2D eigenvalue weighted by Crippen LogP contribution is -2.09. The number of anilines is 1. The molecule has 0 spiro atoms. The Hall–Kier alpha value is -2.19. The Balaban J connectivity index is 1.49. The molecule has 2 aromatic heterocycles. The van der Waals surface area contributed by atoms with Crippen LogP contribution in [0.2, 0.25) is 5.02 Å². The van der Waals surface area contributed by atoms with Crippen molar-refractivity contribution in [3.63, 3.8) is 0 Å². The van der Waals surface area contributed by atoms with Gasteiger partial charge in [0, 0.05) is 21.2 Å². The third kappa shape index (κ3) is 4.62. The van der Waals surface area contributed by atoms with Crippen molar-refractivity contribution in [2.24, 2.45) is 0 Å². The lowest BCUT2D eigenvalue weighted by Gasteiger charge is -2.06. The molecule has 0 unspecified atom stereocenters. The molecule has 0 aliphatic heterocycles. The van der Waals surface area contributed by atoms with Crippen molar-refractivity contribution in [2.75, 3.05) is 5.32 Å². The molecule has 28 heavy (non-hydrogen) atoms. The molecule has 0 saturated heterocycles. The zero-order valence-corrected chi connectivity index (χ0v) is 17.7. The lowest BCUT2D eigenvalue weighted by atomic mass is 10.2. The van der Waals surface area contributed by atoms with Gasteiger partial charge in [-0.25, -0.2) is 0 Å². The van der Waals surface area contributed by atoms with Gasteiger partial charge < -0.3 is 0 Å². The molecular weight excluding hydrogens is 430 g/mol. The lowest BCUT2D eigenvalue weighted by molar-refractivity contribution is 0.103. The van der Waals surface area contributed by atoms with Crippen LogP contribution in [0.5, 0.6) is 0 Å². The number of hydrogen-bond acceptors (Lipinski definition) is 6. The molecule has 4 nitrogen and oxygen atoms in total. The van der Waals surface area contributed by atoms with Crippen molar-refractivity contribution >= 4 is 57.1 Å². The zero-order chi connectivity index (χ0) is 19.3. The van der Waals surface area contributed by atoms with Gasteiger partial charge in [0.1, 0.15) is 0 Å². The first-order valence-electron chi connectivity index (χ1n) is 8.34. The third-order valence-electron chi connectivity index (χ3n) is 3.82. The van der Waals surface area contributed by atoms with Crippen LogP contribution in [-0.2, 0) is 5.75 Å². The minimum Gasteiger partial charge on any atom is -0.296 e. The maximum atomic E-state index is 12.2. The number of benzene rings is 2. The third-order valence-corrected chi connectivity index (χ3v) is 6.95. The molecule has 0 aliphatic rings. The number of carbonyl (C=O) groups is 1. The van der Waals surface area contributed by atoms with Gasteiger partial charge in [-0.15, -0.1) is 33.3 Å². The van der Waals surface area contributed by atoms with Gasteiger partial charge in [0.25, 0.3) is 5.91 Å². The second-order valence-corrected chi connectivity index (χ2v) is 9.13. The van der Waals surface area contributed by atoms with Crippen LogP contribution >= 0.6 is 46.0 Å². The maximum absolute atomic E-state index is 12.2. The van der Waals surface area contributed by atoms with Gasteiger partial charge in [0.15, 0.2) is 5.01 Å². The highest BCUT2D eigenvalue weighted by molar-refractivity contribution is 7.98. The summed E-state index contributed by atoms with van der Waals surface area (Å²) >= 11 is 10.5. The highest BCUT2D eigenvalue weighted by atomic mass is 35.5. The molecule has 0 saturated carbocycles. The topological polar surface area (TPSA) is 54.9 Å². The van der Waals surface area contributed by atoms with E-state index in [1.165, 1.54) is 28.2 Å². The number of nitrogens with one attached hydrogen (secondary N) is 1. The summed E-state index contributed by atoms with van der Waals surface area (Å²) in [6.45, 7) is 0. The van der Waals surface area contributed by atoms with Gasteiger partial charge in [-0.2, -0.15) is 0 Å². The minimum atomic E-state index is -0.164. The van der Waals surface area contributed by atoms with Crippen molar-refractivity contribution in [3.8, 4) is 10.6 Å². The van der Waals surface area contributed by atoms with E-state index in [4.69, 9.17) is 11.6 Å². The van der Waals surface area contributed by atoms with Crippen LogP contribution in [0, 0.1) is 0 Å². The predicted molar refractivity (Wildman–Crippen MR) is 119 cm³/mol. The fourth-order valence-corrected chi connectivity index (χ4v) is 5.06. The Morgan fingerprint density at radius 2 is 1.86 bits per heavy atom. The molecule has 0 radical (unpaired) electrons. The monoisotopic (exact) mass is 443 g/mol. The van der Waals surface area contributed by atoms with Crippen molar-refractivity contribution in [3.05, 3.63) is 81.5 Å². The predicted octanol–water partition coefficient (Wildman–Crippen LogP) is 6.46. The van der Waals surface area contributed by atoms with Crippen LogP contribution in [0.15, 0.2) is 70.9 Å².